The highest BCUT2D eigenvalue weighted by atomic mass is 16.5. The number of aliphatic hydroxyl groups is 1. The zero-order valence-electron chi connectivity index (χ0n) is 19.6. The van der Waals surface area contributed by atoms with Crippen LogP contribution in [0.25, 0.3) is 16.9 Å². The third-order valence-corrected chi connectivity index (χ3v) is 5.87. The van der Waals surface area contributed by atoms with Crippen molar-refractivity contribution >= 4 is 17.3 Å². The fourth-order valence-electron chi connectivity index (χ4n) is 4.03. The molecule has 9 nitrogen and oxygen atoms in total. The lowest BCUT2D eigenvalue weighted by Crippen LogP contribution is -2.42. The monoisotopic (exact) mass is 475 g/mol. The van der Waals surface area contributed by atoms with Crippen molar-refractivity contribution in [2.24, 2.45) is 0 Å². The Labute approximate surface area is 203 Å². The van der Waals surface area contributed by atoms with E-state index in [1.165, 1.54) is 0 Å². The summed E-state index contributed by atoms with van der Waals surface area (Å²) in [6.45, 7) is 3.94. The number of methoxy groups -OCH3 is 1. The molecule has 182 valence electrons. The van der Waals surface area contributed by atoms with Gasteiger partial charge < -0.3 is 24.6 Å². The number of benzene rings is 2. The molecular weight excluding hydrogens is 446 g/mol. The molecule has 0 amide bonds. The van der Waals surface area contributed by atoms with Crippen molar-refractivity contribution in [3.05, 3.63) is 66.7 Å². The van der Waals surface area contributed by atoms with Gasteiger partial charge in [0.2, 0.25) is 5.95 Å². The topological polar surface area (TPSA) is 93.4 Å². The molecule has 0 saturated carbocycles. The maximum atomic E-state index is 10.3. The maximum absolute atomic E-state index is 10.3. The number of aromatic nitrogens is 3. The summed E-state index contributed by atoms with van der Waals surface area (Å²) in [5.74, 6) is 2.00. The molecule has 0 bridgehead atoms. The van der Waals surface area contributed by atoms with Gasteiger partial charge >= 0.3 is 0 Å². The first kappa shape index (κ1) is 23.1. The second-order valence-corrected chi connectivity index (χ2v) is 8.37. The third kappa shape index (κ3) is 5.71. The van der Waals surface area contributed by atoms with Gasteiger partial charge in [0, 0.05) is 30.9 Å². The highest BCUT2D eigenvalue weighted by Crippen LogP contribution is 2.24. The van der Waals surface area contributed by atoms with Crippen LogP contribution in [-0.4, -0.2) is 77.3 Å². The summed E-state index contributed by atoms with van der Waals surface area (Å²) in [7, 11) is 1.65. The molecule has 9 heteroatoms. The lowest BCUT2D eigenvalue weighted by Gasteiger charge is -2.28. The Bertz CT molecular complexity index is 1240. The van der Waals surface area contributed by atoms with Crippen LogP contribution in [0.3, 0.4) is 0 Å². The number of morpholine rings is 1. The predicted molar refractivity (Wildman–Crippen MR) is 133 cm³/mol. The van der Waals surface area contributed by atoms with E-state index in [0.717, 1.165) is 41.4 Å². The minimum atomic E-state index is -0.548. The number of β-amino-alcohol motifs (C(OH)–C–C–N with tert-alkyl or cyclic N) is 1. The first-order valence-electron chi connectivity index (χ1n) is 11.7. The van der Waals surface area contributed by atoms with Crippen LogP contribution in [0.1, 0.15) is 0 Å². The minimum absolute atomic E-state index is 0.242. The largest absolute Gasteiger partial charge is 0.497 e. The summed E-state index contributed by atoms with van der Waals surface area (Å²) in [6.07, 6.45) is -0.548. The quantitative estimate of drug-likeness (QED) is 0.381. The molecule has 2 N–H and O–H groups in total. The number of nitrogens with zero attached hydrogens (tertiary/aromatic N) is 4. The Morgan fingerprint density at radius 1 is 1.00 bits per heavy atom. The van der Waals surface area contributed by atoms with Gasteiger partial charge in [0.05, 0.1) is 26.0 Å². The molecule has 1 fully saturated rings. The molecule has 1 atom stereocenters. The Balaban J connectivity index is 1.21. The van der Waals surface area contributed by atoms with E-state index in [1.807, 2.05) is 71.2 Å². The first-order valence-corrected chi connectivity index (χ1v) is 11.7. The van der Waals surface area contributed by atoms with Crippen LogP contribution in [0.5, 0.6) is 11.5 Å². The zero-order chi connectivity index (χ0) is 24.0. The number of anilines is 2. The number of fused-ring (bicyclic) bond motifs is 1. The van der Waals surface area contributed by atoms with E-state index < -0.39 is 6.10 Å². The summed E-state index contributed by atoms with van der Waals surface area (Å²) in [5, 5.41) is 18.2. The average Bonchev–Trinajstić information content (AvgIpc) is 3.31. The molecule has 1 aliphatic heterocycles. The normalized spacial score (nSPS) is 15.1. The number of aliphatic hydroxyl groups excluding tert-OH is 1. The predicted octanol–water partition coefficient (Wildman–Crippen LogP) is 3.22. The highest BCUT2D eigenvalue weighted by Gasteiger charge is 2.15. The maximum Gasteiger partial charge on any atom is 0.247 e. The van der Waals surface area contributed by atoms with Gasteiger partial charge in [0.15, 0.2) is 5.65 Å². The lowest BCUT2D eigenvalue weighted by molar-refractivity contribution is 0.00466. The van der Waals surface area contributed by atoms with Gasteiger partial charge in [-0.1, -0.05) is 6.07 Å². The number of hydrogen-bond acceptors (Lipinski definition) is 8. The summed E-state index contributed by atoms with van der Waals surface area (Å²) >= 11 is 0. The van der Waals surface area contributed by atoms with Crippen LogP contribution in [0.4, 0.5) is 11.6 Å². The Kier molecular flexibility index (Phi) is 7.08. The highest BCUT2D eigenvalue weighted by molar-refractivity contribution is 5.65. The number of rotatable bonds is 9. The molecule has 0 radical (unpaired) electrons. The summed E-state index contributed by atoms with van der Waals surface area (Å²) in [5.41, 5.74) is 3.54. The molecule has 0 spiro atoms. The van der Waals surface area contributed by atoms with E-state index in [1.54, 1.807) is 7.11 Å². The molecular formula is C26H29N5O4. The van der Waals surface area contributed by atoms with Gasteiger partial charge in [0.25, 0.3) is 0 Å². The molecule has 0 aliphatic carbocycles. The fraction of sp³-hybridized carbons (Fsp3) is 0.308. The van der Waals surface area contributed by atoms with Crippen molar-refractivity contribution in [1.29, 1.82) is 0 Å². The van der Waals surface area contributed by atoms with E-state index >= 15 is 0 Å². The zero-order valence-corrected chi connectivity index (χ0v) is 19.6. The Morgan fingerprint density at radius 2 is 1.74 bits per heavy atom. The van der Waals surface area contributed by atoms with Gasteiger partial charge in [-0.05, 0) is 60.7 Å². The van der Waals surface area contributed by atoms with E-state index in [2.05, 4.69) is 20.3 Å². The summed E-state index contributed by atoms with van der Waals surface area (Å²) < 4.78 is 18.2. The van der Waals surface area contributed by atoms with E-state index in [0.29, 0.717) is 31.5 Å². The van der Waals surface area contributed by atoms with Gasteiger partial charge in [-0.15, -0.1) is 5.10 Å². The van der Waals surface area contributed by atoms with Crippen molar-refractivity contribution in [2.45, 2.75) is 6.10 Å². The average molecular weight is 476 g/mol. The molecule has 1 saturated heterocycles. The molecule has 5 rings (SSSR count). The third-order valence-electron chi connectivity index (χ3n) is 5.87. The van der Waals surface area contributed by atoms with E-state index in [4.69, 9.17) is 14.2 Å². The van der Waals surface area contributed by atoms with Crippen molar-refractivity contribution in [2.75, 3.05) is 51.9 Å². The second kappa shape index (κ2) is 10.7. The van der Waals surface area contributed by atoms with Crippen LogP contribution in [0.15, 0.2) is 66.7 Å². The van der Waals surface area contributed by atoms with Crippen LogP contribution in [-0.2, 0) is 4.74 Å². The molecule has 1 unspecified atom stereocenters. The smallest absolute Gasteiger partial charge is 0.247 e. The van der Waals surface area contributed by atoms with Gasteiger partial charge in [0.1, 0.15) is 24.2 Å². The standard InChI is InChI=1S/C26H29N5O4/c1-33-22-9-5-19(6-10-22)24-3-2-4-25-28-26(29-31(24)25)27-20-7-11-23(12-8-20)35-18-21(32)17-30-13-15-34-16-14-30/h2-12,21,32H,13-18H2,1H3,(H,27,29). The number of hydrogen-bond donors (Lipinski definition) is 2. The van der Waals surface area contributed by atoms with Crippen LogP contribution >= 0.6 is 0 Å². The SMILES string of the molecule is COc1ccc(-c2cccc3nc(Nc4ccc(OCC(O)CN5CCOCC5)cc4)nn23)cc1. The molecule has 1 aliphatic rings. The minimum Gasteiger partial charge on any atom is -0.497 e. The van der Waals surface area contributed by atoms with Gasteiger partial charge in [-0.3, -0.25) is 4.90 Å². The van der Waals surface area contributed by atoms with Gasteiger partial charge in [-0.2, -0.15) is 4.98 Å². The van der Waals surface area contributed by atoms with Crippen molar-refractivity contribution in [3.8, 4) is 22.8 Å². The fourth-order valence-corrected chi connectivity index (χ4v) is 4.03. The number of nitrogens with one attached hydrogen (secondary N) is 1. The molecule has 2 aromatic carbocycles. The number of pyridine rings is 1. The van der Waals surface area contributed by atoms with Crippen LogP contribution < -0.4 is 14.8 Å². The molecule has 2 aromatic heterocycles. The Hall–Kier alpha value is -3.66. The van der Waals surface area contributed by atoms with Crippen molar-refractivity contribution in [3.63, 3.8) is 0 Å². The van der Waals surface area contributed by atoms with E-state index in [-0.39, 0.29) is 6.61 Å². The van der Waals surface area contributed by atoms with Crippen molar-refractivity contribution < 1.29 is 19.3 Å². The van der Waals surface area contributed by atoms with Crippen molar-refractivity contribution in [1.82, 2.24) is 19.5 Å². The number of ether oxygens (including phenoxy) is 3. The van der Waals surface area contributed by atoms with Gasteiger partial charge in [-0.25, -0.2) is 4.52 Å². The molecule has 3 heterocycles. The second-order valence-electron chi connectivity index (χ2n) is 8.37. The molecule has 4 aromatic rings. The van der Waals surface area contributed by atoms with Crippen LogP contribution in [0.2, 0.25) is 0 Å². The lowest BCUT2D eigenvalue weighted by atomic mass is 10.1. The summed E-state index contributed by atoms with van der Waals surface area (Å²) in [4.78, 5) is 6.79. The Morgan fingerprint density at radius 3 is 2.49 bits per heavy atom. The summed E-state index contributed by atoms with van der Waals surface area (Å²) in [6, 6.07) is 21.3. The van der Waals surface area contributed by atoms with Crippen LogP contribution in [0, 0.1) is 0 Å². The molecule has 35 heavy (non-hydrogen) atoms. The van der Waals surface area contributed by atoms with E-state index in [9.17, 15) is 5.11 Å². The first-order chi connectivity index (χ1) is 17.2.